The quantitative estimate of drug-likeness (QED) is 0.645. The standard InChI is InChI=1S/C19H30N2O3/c1-4-6-14-24-19(23)21-17(15(3)5-2)18(22)20-13-12-16-10-8-7-9-11-16/h7-11,15,17H,4-6,12-14H2,1-3H3,(H,20,22)(H,21,23)/t15-,17-/m0/s1. The second-order valence-corrected chi connectivity index (χ2v) is 6.02. The van der Waals surface area contributed by atoms with Crippen molar-refractivity contribution in [3.8, 4) is 0 Å². The number of unbranched alkanes of at least 4 members (excludes halogenated alkanes) is 1. The fraction of sp³-hybridized carbons (Fsp3) is 0.579. The van der Waals surface area contributed by atoms with Crippen molar-refractivity contribution in [3.63, 3.8) is 0 Å². The molecule has 2 atom stereocenters. The summed E-state index contributed by atoms with van der Waals surface area (Å²) >= 11 is 0. The summed E-state index contributed by atoms with van der Waals surface area (Å²) in [7, 11) is 0. The van der Waals surface area contributed by atoms with Crippen LogP contribution < -0.4 is 10.6 Å². The topological polar surface area (TPSA) is 67.4 Å². The Morgan fingerprint density at radius 2 is 1.88 bits per heavy atom. The summed E-state index contributed by atoms with van der Waals surface area (Å²) < 4.78 is 5.10. The zero-order chi connectivity index (χ0) is 17.8. The number of carbonyl (C=O) groups excluding carboxylic acids is 2. The third kappa shape index (κ3) is 7.49. The van der Waals surface area contributed by atoms with Crippen LogP contribution in [0.2, 0.25) is 0 Å². The lowest BCUT2D eigenvalue weighted by molar-refractivity contribution is -0.124. The summed E-state index contributed by atoms with van der Waals surface area (Å²) in [6, 6.07) is 9.41. The van der Waals surface area contributed by atoms with Crippen LogP contribution in [0.15, 0.2) is 30.3 Å². The number of rotatable bonds is 10. The maximum atomic E-state index is 12.4. The second kappa shape index (κ2) is 11.5. The highest BCUT2D eigenvalue weighted by molar-refractivity contribution is 5.85. The van der Waals surface area contributed by atoms with E-state index in [4.69, 9.17) is 4.74 Å². The van der Waals surface area contributed by atoms with Crippen LogP contribution in [-0.4, -0.2) is 31.2 Å². The van der Waals surface area contributed by atoms with Crippen LogP contribution in [0, 0.1) is 5.92 Å². The Morgan fingerprint density at radius 3 is 2.50 bits per heavy atom. The Bertz CT molecular complexity index is 491. The number of hydrogen-bond acceptors (Lipinski definition) is 3. The molecule has 24 heavy (non-hydrogen) atoms. The minimum Gasteiger partial charge on any atom is -0.450 e. The van der Waals surface area contributed by atoms with Gasteiger partial charge in [-0.2, -0.15) is 0 Å². The lowest BCUT2D eigenvalue weighted by atomic mass is 9.98. The van der Waals surface area contributed by atoms with E-state index in [0.29, 0.717) is 13.2 Å². The first-order valence-corrected chi connectivity index (χ1v) is 8.83. The van der Waals surface area contributed by atoms with Crippen molar-refractivity contribution in [1.82, 2.24) is 10.6 Å². The monoisotopic (exact) mass is 334 g/mol. The molecule has 0 aliphatic heterocycles. The maximum absolute atomic E-state index is 12.4. The molecule has 1 rings (SSSR count). The van der Waals surface area contributed by atoms with E-state index in [-0.39, 0.29) is 11.8 Å². The molecule has 0 aliphatic rings. The first-order chi connectivity index (χ1) is 11.6. The molecule has 134 valence electrons. The van der Waals surface area contributed by atoms with E-state index in [1.165, 1.54) is 5.56 Å². The summed E-state index contributed by atoms with van der Waals surface area (Å²) in [4.78, 5) is 24.3. The van der Waals surface area contributed by atoms with Crippen LogP contribution in [0.4, 0.5) is 4.79 Å². The van der Waals surface area contributed by atoms with Crippen molar-refractivity contribution < 1.29 is 14.3 Å². The summed E-state index contributed by atoms with van der Waals surface area (Å²) in [6.45, 7) is 6.91. The molecule has 0 saturated carbocycles. The highest BCUT2D eigenvalue weighted by Gasteiger charge is 2.26. The number of nitrogens with one attached hydrogen (secondary N) is 2. The van der Waals surface area contributed by atoms with E-state index < -0.39 is 12.1 Å². The number of hydrogen-bond donors (Lipinski definition) is 2. The van der Waals surface area contributed by atoms with E-state index in [1.54, 1.807) is 0 Å². The van der Waals surface area contributed by atoms with Crippen LogP contribution >= 0.6 is 0 Å². The summed E-state index contributed by atoms with van der Waals surface area (Å²) in [5, 5.41) is 5.61. The maximum Gasteiger partial charge on any atom is 0.407 e. The van der Waals surface area contributed by atoms with Gasteiger partial charge in [0.15, 0.2) is 0 Å². The van der Waals surface area contributed by atoms with Crippen LogP contribution in [0.3, 0.4) is 0 Å². The smallest absolute Gasteiger partial charge is 0.407 e. The molecule has 0 bridgehead atoms. The molecule has 0 aromatic heterocycles. The third-order valence-corrected chi connectivity index (χ3v) is 4.06. The normalized spacial score (nSPS) is 13.0. The predicted octanol–water partition coefficient (Wildman–Crippen LogP) is 3.29. The minimum atomic E-state index is -0.570. The van der Waals surface area contributed by atoms with Crippen molar-refractivity contribution in [2.45, 2.75) is 52.5 Å². The Balaban J connectivity index is 2.47. The molecule has 0 radical (unpaired) electrons. The van der Waals surface area contributed by atoms with Crippen LogP contribution in [0.25, 0.3) is 0 Å². The third-order valence-electron chi connectivity index (χ3n) is 4.06. The van der Waals surface area contributed by atoms with Crippen molar-refractivity contribution in [1.29, 1.82) is 0 Å². The van der Waals surface area contributed by atoms with Crippen LogP contribution in [0.1, 0.15) is 45.6 Å². The Morgan fingerprint density at radius 1 is 1.17 bits per heavy atom. The van der Waals surface area contributed by atoms with Gasteiger partial charge in [0.1, 0.15) is 6.04 Å². The number of carbonyl (C=O) groups is 2. The van der Waals surface area contributed by atoms with Crippen molar-refractivity contribution in [2.75, 3.05) is 13.2 Å². The molecule has 0 fully saturated rings. The lowest BCUT2D eigenvalue weighted by Gasteiger charge is -2.23. The highest BCUT2D eigenvalue weighted by atomic mass is 16.5. The van der Waals surface area contributed by atoms with Gasteiger partial charge >= 0.3 is 6.09 Å². The van der Waals surface area contributed by atoms with Crippen LogP contribution in [0.5, 0.6) is 0 Å². The van der Waals surface area contributed by atoms with E-state index in [9.17, 15) is 9.59 Å². The second-order valence-electron chi connectivity index (χ2n) is 6.02. The molecule has 1 aromatic carbocycles. The molecular formula is C19H30N2O3. The van der Waals surface area contributed by atoms with Gasteiger partial charge in [-0.15, -0.1) is 0 Å². The molecule has 5 heteroatoms. The average molecular weight is 334 g/mol. The largest absolute Gasteiger partial charge is 0.450 e. The highest BCUT2D eigenvalue weighted by Crippen LogP contribution is 2.08. The number of amides is 2. The summed E-state index contributed by atoms with van der Waals surface area (Å²) in [6.07, 6.45) is 2.83. The molecule has 2 amide bonds. The molecule has 0 heterocycles. The fourth-order valence-corrected chi connectivity index (χ4v) is 2.26. The zero-order valence-electron chi connectivity index (χ0n) is 15.0. The van der Waals surface area contributed by atoms with Gasteiger partial charge in [-0.3, -0.25) is 4.79 Å². The van der Waals surface area contributed by atoms with E-state index >= 15 is 0 Å². The SMILES string of the molecule is CCCCOC(=O)N[C@H](C(=O)NCCc1ccccc1)[C@@H](C)CC. The molecule has 0 unspecified atom stereocenters. The molecule has 5 nitrogen and oxygen atoms in total. The average Bonchev–Trinajstić information content (AvgIpc) is 2.60. The summed E-state index contributed by atoms with van der Waals surface area (Å²) in [5.74, 6) is -0.117. The molecule has 2 N–H and O–H groups in total. The lowest BCUT2D eigenvalue weighted by Crippen LogP contribution is -2.50. The van der Waals surface area contributed by atoms with Crippen LogP contribution in [-0.2, 0) is 16.0 Å². The molecule has 1 aromatic rings. The van der Waals surface area contributed by atoms with Gasteiger partial charge in [-0.25, -0.2) is 4.79 Å². The fourth-order valence-electron chi connectivity index (χ4n) is 2.26. The Hall–Kier alpha value is -2.04. The van der Waals surface area contributed by atoms with Gasteiger partial charge in [-0.1, -0.05) is 63.9 Å². The first-order valence-electron chi connectivity index (χ1n) is 8.83. The van der Waals surface area contributed by atoms with Crippen molar-refractivity contribution in [2.24, 2.45) is 5.92 Å². The van der Waals surface area contributed by atoms with Crippen molar-refractivity contribution in [3.05, 3.63) is 35.9 Å². The predicted molar refractivity (Wildman–Crippen MR) is 95.8 cm³/mol. The minimum absolute atomic E-state index is 0.0421. The Kier molecular flexibility index (Phi) is 9.58. The van der Waals surface area contributed by atoms with Crippen molar-refractivity contribution >= 4 is 12.0 Å². The van der Waals surface area contributed by atoms with E-state index in [0.717, 1.165) is 25.7 Å². The van der Waals surface area contributed by atoms with Gasteiger partial charge in [-0.05, 0) is 24.3 Å². The van der Waals surface area contributed by atoms with Gasteiger partial charge in [0.2, 0.25) is 5.91 Å². The van der Waals surface area contributed by atoms with E-state index in [2.05, 4.69) is 10.6 Å². The van der Waals surface area contributed by atoms with Gasteiger partial charge in [0, 0.05) is 6.54 Å². The first kappa shape index (κ1) is 20.0. The number of alkyl carbamates (subject to hydrolysis) is 1. The van der Waals surface area contributed by atoms with Gasteiger partial charge < -0.3 is 15.4 Å². The Labute approximate surface area is 145 Å². The molecule has 0 aliphatic carbocycles. The summed E-state index contributed by atoms with van der Waals surface area (Å²) in [5.41, 5.74) is 1.17. The van der Waals surface area contributed by atoms with Gasteiger partial charge in [0.05, 0.1) is 6.61 Å². The molecule has 0 spiro atoms. The van der Waals surface area contributed by atoms with Gasteiger partial charge in [0.25, 0.3) is 0 Å². The number of ether oxygens (including phenoxy) is 1. The zero-order valence-corrected chi connectivity index (χ0v) is 15.0. The molecule has 0 saturated heterocycles. The molecular weight excluding hydrogens is 304 g/mol. The van der Waals surface area contributed by atoms with E-state index in [1.807, 2.05) is 51.1 Å². The number of benzene rings is 1.